The molecule has 2 aromatic rings. The fourth-order valence-corrected chi connectivity index (χ4v) is 4.61. The van der Waals surface area contributed by atoms with Crippen molar-refractivity contribution >= 4 is 21.8 Å². The summed E-state index contributed by atoms with van der Waals surface area (Å²) in [6, 6.07) is 8.59. The number of aryl methyl sites for hydroxylation is 1. The molecule has 8 nitrogen and oxygen atoms in total. The second-order valence-electron chi connectivity index (χ2n) is 6.95. The molecule has 1 aromatic heterocycles. The Morgan fingerprint density at radius 1 is 1.21 bits per heavy atom. The number of benzene rings is 1. The lowest BCUT2D eigenvalue weighted by molar-refractivity contribution is 0.102. The standard InChI is InChI=1S/C19H25N5O3S/c1-14-20-13-16(19(25)22-15-9-5-4-6-10-15)18(21-14)17-11-7-8-12-24(17)28(26,27)23(2)3/h4-6,9-10,13,17H,7-8,11-12H2,1-3H3,(H,22,25)/t17-/m1/s1. The van der Waals surface area contributed by atoms with Crippen LogP contribution in [0.3, 0.4) is 0 Å². The van der Waals surface area contributed by atoms with Crippen molar-refractivity contribution in [2.75, 3.05) is 26.0 Å². The highest BCUT2D eigenvalue weighted by molar-refractivity contribution is 7.86. The van der Waals surface area contributed by atoms with Crippen molar-refractivity contribution in [2.24, 2.45) is 0 Å². The van der Waals surface area contributed by atoms with Crippen LogP contribution in [-0.4, -0.2) is 53.5 Å². The van der Waals surface area contributed by atoms with Crippen LogP contribution >= 0.6 is 0 Å². The number of amides is 1. The van der Waals surface area contributed by atoms with E-state index >= 15 is 0 Å². The minimum Gasteiger partial charge on any atom is -0.322 e. The molecule has 150 valence electrons. The zero-order valence-electron chi connectivity index (χ0n) is 16.3. The first-order chi connectivity index (χ1) is 13.3. The van der Waals surface area contributed by atoms with Crippen LogP contribution in [0, 0.1) is 6.92 Å². The maximum Gasteiger partial charge on any atom is 0.282 e. The molecule has 9 heteroatoms. The molecule has 0 radical (unpaired) electrons. The summed E-state index contributed by atoms with van der Waals surface area (Å²) in [5.74, 6) is 0.146. The zero-order chi connectivity index (χ0) is 20.3. The number of aromatic nitrogens is 2. The summed E-state index contributed by atoms with van der Waals surface area (Å²) in [4.78, 5) is 21.6. The number of hydrogen-bond acceptors (Lipinski definition) is 5. The van der Waals surface area contributed by atoms with Gasteiger partial charge in [-0.2, -0.15) is 17.0 Å². The number of anilines is 1. The third-order valence-corrected chi connectivity index (χ3v) is 6.69. The van der Waals surface area contributed by atoms with E-state index in [1.165, 1.54) is 28.9 Å². The molecule has 2 heterocycles. The van der Waals surface area contributed by atoms with Crippen molar-refractivity contribution < 1.29 is 13.2 Å². The van der Waals surface area contributed by atoms with E-state index in [2.05, 4.69) is 15.3 Å². The van der Waals surface area contributed by atoms with Gasteiger partial charge in [0.2, 0.25) is 0 Å². The van der Waals surface area contributed by atoms with Gasteiger partial charge < -0.3 is 5.32 Å². The van der Waals surface area contributed by atoms with E-state index in [4.69, 9.17) is 0 Å². The van der Waals surface area contributed by atoms with Gasteiger partial charge in [-0.15, -0.1) is 0 Å². The third kappa shape index (κ3) is 4.21. The number of carbonyl (C=O) groups excluding carboxylic acids is 1. The maximum absolute atomic E-state index is 12.9. The topological polar surface area (TPSA) is 95.5 Å². The Hall–Kier alpha value is -2.36. The maximum atomic E-state index is 12.9. The molecule has 1 aliphatic rings. The lowest BCUT2D eigenvalue weighted by atomic mass is 9.98. The van der Waals surface area contributed by atoms with Crippen LogP contribution in [0.5, 0.6) is 0 Å². The minimum absolute atomic E-state index is 0.292. The van der Waals surface area contributed by atoms with Crippen LogP contribution in [0.25, 0.3) is 0 Å². The van der Waals surface area contributed by atoms with E-state index in [1.807, 2.05) is 18.2 Å². The first kappa shape index (κ1) is 20.4. The minimum atomic E-state index is -3.64. The average molecular weight is 404 g/mol. The Bertz CT molecular complexity index is 947. The van der Waals surface area contributed by atoms with Crippen molar-refractivity contribution in [3.63, 3.8) is 0 Å². The monoisotopic (exact) mass is 403 g/mol. The van der Waals surface area contributed by atoms with E-state index < -0.39 is 16.3 Å². The Balaban J connectivity index is 2.00. The molecule has 3 rings (SSSR count). The smallest absolute Gasteiger partial charge is 0.282 e. The Morgan fingerprint density at radius 3 is 2.61 bits per heavy atom. The van der Waals surface area contributed by atoms with Crippen LogP contribution in [0.2, 0.25) is 0 Å². The second kappa shape index (κ2) is 8.34. The zero-order valence-corrected chi connectivity index (χ0v) is 17.1. The third-order valence-electron chi connectivity index (χ3n) is 4.74. The van der Waals surface area contributed by atoms with Crippen LogP contribution in [0.4, 0.5) is 5.69 Å². The van der Waals surface area contributed by atoms with Crippen molar-refractivity contribution in [1.82, 2.24) is 18.6 Å². The number of nitrogens with zero attached hydrogens (tertiary/aromatic N) is 4. The van der Waals surface area contributed by atoms with Gasteiger partial charge in [0.05, 0.1) is 17.3 Å². The molecule has 0 saturated carbocycles. The van der Waals surface area contributed by atoms with Crippen molar-refractivity contribution in [2.45, 2.75) is 32.2 Å². The molecule has 1 aliphatic heterocycles. The normalized spacial score (nSPS) is 18.2. The SMILES string of the molecule is Cc1ncc(C(=O)Nc2ccccc2)c([C@H]2CCCCN2S(=O)(=O)N(C)C)n1. The largest absolute Gasteiger partial charge is 0.322 e. The summed E-state index contributed by atoms with van der Waals surface area (Å²) in [6.45, 7) is 2.13. The van der Waals surface area contributed by atoms with Crippen molar-refractivity contribution in [1.29, 1.82) is 0 Å². The van der Waals surface area contributed by atoms with Gasteiger partial charge in [-0.1, -0.05) is 24.6 Å². The fraction of sp³-hybridized carbons (Fsp3) is 0.421. The number of piperidine rings is 1. The van der Waals surface area contributed by atoms with Gasteiger partial charge in [0, 0.05) is 32.5 Å². The van der Waals surface area contributed by atoms with Crippen LogP contribution < -0.4 is 5.32 Å². The molecule has 1 fully saturated rings. The highest BCUT2D eigenvalue weighted by Gasteiger charge is 2.37. The molecule has 0 spiro atoms. The second-order valence-corrected chi connectivity index (χ2v) is 9.04. The number of rotatable bonds is 5. The summed E-state index contributed by atoms with van der Waals surface area (Å²) in [6.07, 6.45) is 3.73. The van der Waals surface area contributed by atoms with E-state index in [0.717, 1.165) is 12.8 Å². The van der Waals surface area contributed by atoms with Gasteiger partial charge in [0.15, 0.2) is 0 Å². The van der Waals surface area contributed by atoms with E-state index in [-0.39, 0.29) is 5.91 Å². The molecular weight excluding hydrogens is 378 g/mol. The van der Waals surface area contributed by atoms with Crippen molar-refractivity contribution in [3.05, 3.63) is 53.6 Å². The van der Waals surface area contributed by atoms with Gasteiger partial charge in [-0.25, -0.2) is 9.97 Å². The van der Waals surface area contributed by atoms with E-state index in [0.29, 0.717) is 35.7 Å². The summed E-state index contributed by atoms with van der Waals surface area (Å²) in [5, 5.41) is 2.84. The first-order valence-corrected chi connectivity index (χ1v) is 10.6. The quantitative estimate of drug-likeness (QED) is 0.827. The molecule has 1 aromatic carbocycles. The average Bonchev–Trinajstić information content (AvgIpc) is 2.68. The number of nitrogens with one attached hydrogen (secondary N) is 1. The number of carbonyl (C=O) groups is 1. The van der Waals surface area contributed by atoms with E-state index in [9.17, 15) is 13.2 Å². The molecule has 0 bridgehead atoms. The summed E-state index contributed by atoms with van der Waals surface area (Å²) >= 11 is 0. The predicted octanol–water partition coefficient (Wildman–Crippen LogP) is 2.37. The highest BCUT2D eigenvalue weighted by atomic mass is 32.2. The molecule has 1 saturated heterocycles. The lowest BCUT2D eigenvalue weighted by Crippen LogP contribution is -2.45. The fourth-order valence-electron chi connectivity index (χ4n) is 3.30. The highest BCUT2D eigenvalue weighted by Crippen LogP contribution is 2.34. The predicted molar refractivity (Wildman–Crippen MR) is 107 cm³/mol. The van der Waals surface area contributed by atoms with Gasteiger partial charge >= 0.3 is 0 Å². The Morgan fingerprint density at radius 2 is 1.93 bits per heavy atom. The number of para-hydroxylation sites is 1. The van der Waals surface area contributed by atoms with Gasteiger partial charge in [-0.3, -0.25) is 4.79 Å². The lowest BCUT2D eigenvalue weighted by Gasteiger charge is -2.36. The molecule has 0 aliphatic carbocycles. The Labute approximate surface area is 165 Å². The van der Waals surface area contributed by atoms with Crippen LogP contribution in [-0.2, 0) is 10.2 Å². The van der Waals surface area contributed by atoms with E-state index in [1.54, 1.807) is 19.1 Å². The van der Waals surface area contributed by atoms with Crippen LogP contribution in [0.15, 0.2) is 36.5 Å². The van der Waals surface area contributed by atoms with Gasteiger partial charge in [-0.05, 0) is 31.9 Å². The molecule has 1 amide bonds. The first-order valence-electron chi connectivity index (χ1n) is 9.20. The van der Waals surface area contributed by atoms with Gasteiger partial charge in [0.1, 0.15) is 5.82 Å². The summed E-state index contributed by atoms with van der Waals surface area (Å²) in [5.41, 5.74) is 1.40. The van der Waals surface area contributed by atoms with Gasteiger partial charge in [0.25, 0.3) is 16.1 Å². The number of hydrogen-bond donors (Lipinski definition) is 1. The molecule has 28 heavy (non-hydrogen) atoms. The molecule has 0 unspecified atom stereocenters. The molecular formula is C19H25N5O3S. The molecule has 1 N–H and O–H groups in total. The summed E-state index contributed by atoms with van der Waals surface area (Å²) < 4.78 is 28.3. The Kier molecular flexibility index (Phi) is 6.07. The summed E-state index contributed by atoms with van der Waals surface area (Å²) in [7, 11) is -0.619. The van der Waals surface area contributed by atoms with Crippen LogP contribution in [0.1, 0.15) is 47.2 Å². The van der Waals surface area contributed by atoms with Crippen molar-refractivity contribution in [3.8, 4) is 0 Å². The molecule has 1 atom stereocenters.